The highest BCUT2D eigenvalue weighted by Gasteiger charge is 2.29. The van der Waals surface area contributed by atoms with E-state index in [0.717, 1.165) is 5.56 Å². The summed E-state index contributed by atoms with van der Waals surface area (Å²) in [5.41, 5.74) is 0.348. The summed E-state index contributed by atoms with van der Waals surface area (Å²) in [6.45, 7) is 9.06. The second kappa shape index (κ2) is 9.85. The fourth-order valence-corrected chi connectivity index (χ4v) is 2.08. The highest BCUT2D eigenvalue weighted by molar-refractivity contribution is 5.89. The van der Waals surface area contributed by atoms with Crippen LogP contribution in [0.15, 0.2) is 30.3 Å². The molecule has 0 spiro atoms. The molecule has 0 saturated carbocycles. The molecule has 2 unspecified atom stereocenters. The molecule has 2 atom stereocenters. The predicted molar refractivity (Wildman–Crippen MR) is 96.9 cm³/mol. The Morgan fingerprint density at radius 3 is 2.40 bits per heavy atom. The zero-order chi connectivity index (χ0) is 18.9. The first-order chi connectivity index (χ1) is 11.7. The van der Waals surface area contributed by atoms with Gasteiger partial charge < -0.3 is 14.8 Å². The van der Waals surface area contributed by atoms with E-state index in [4.69, 9.17) is 9.47 Å². The first-order valence-corrected chi connectivity index (χ1v) is 8.30. The first kappa shape index (κ1) is 20.7. The van der Waals surface area contributed by atoms with Crippen LogP contribution in [0.4, 0.5) is 4.79 Å². The van der Waals surface area contributed by atoms with E-state index in [-0.39, 0.29) is 12.2 Å². The first-order valence-electron chi connectivity index (χ1n) is 8.30. The normalized spacial score (nSPS) is 13.2. The van der Waals surface area contributed by atoms with E-state index in [2.05, 4.69) is 17.2 Å². The second-order valence-corrected chi connectivity index (χ2v) is 6.70. The summed E-state index contributed by atoms with van der Waals surface area (Å²) >= 11 is 0. The smallest absolute Gasteiger partial charge is 0.408 e. The number of rotatable bonds is 7. The summed E-state index contributed by atoms with van der Waals surface area (Å²) in [5, 5.41) is 2.61. The average Bonchev–Trinajstić information content (AvgIpc) is 2.54. The molecule has 5 nitrogen and oxygen atoms in total. The van der Waals surface area contributed by atoms with Crippen molar-refractivity contribution in [2.75, 3.05) is 0 Å². The molecule has 1 rings (SSSR count). The zero-order valence-corrected chi connectivity index (χ0v) is 15.6. The molecule has 0 heterocycles. The second-order valence-electron chi connectivity index (χ2n) is 6.70. The molecule has 1 amide bonds. The maximum atomic E-state index is 12.4. The van der Waals surface area contributed by atoms with Crippen molar-refractivity contribution in [3.05, 3.63) is 35.9 Å². The Hall–Kier alpha value is -2.32. The molecule has 0 aliphatic heterocycles. The van der Waals surface area contributed by atoms with Crippen LogP contribution in [0.2, 0.25) is 0 Å². The van der Waals surface area contributed by atoms with Gasteiger partial charge in [0.1, 0.15) is 11.6 Å². The van der Waals surface area contributed by atoms with Crippen LogP contribution in [0, 0.1) is 11.8 Å². The quantitative estimate of drug-likeness (QED) is 0.769. The maximum Gasteiger partial charge on any atom is 0.408 e. The molecule has 1 aromatic rings. The Labute approximate surface area is 150 Å². The lowest BCUT2D eigenvalue weighted by Crippen LogP contribution is -2.49. The summed E-state index contributed by atoms with van der Waals surface area (Å²) < 4.78 is 11.0. The van der Waals surface area contributed by atoms with E-state index < -0.39 is 23.8 Å². The van der Waals surface area contributed by atoms with Crippen LogP contribution in [0.1, 0.15) is 46.6 Å². The third-order valence-electron chi connectivity index (χ3n) is 3.28. The van der Waals surface area contributed by atoms with Gasteiger partial charge in [-0.2, -0.15) is 0 Å². The lowest BCUT2D eigenvalue weighted by Gasteiger charge is -2.26. The van der Waals surface area contributed by atoms with Gasteiger partial charge in [0.2, 0.25) is 0 Å². The van der Waals surface area contributed by atoms with Gasteiger partial charge in [0.25, 0.3) is 0 Å². The molecule has 136 valence electrons. The van der Waals surface area contributed by atoms with Crippen LogP contribution in [0.3, 0.4) is 0 Å². The van der Waals surface area contributed by atoms with Crippen molar-refractivity contribution >= 4 is 11.9 Å². The van der Waals surface area contributed by atoms with Gasteiger partial charge in [-0.3, -0.25) is 4.79 Å². The van der Waals surface area contributed by atoms with Crippen LogP contribution in [-0.4, -0.2) is 29.6 Å². The van der Waals surface area contributed by atoms with Gasteiger partial charge in [-0.05, 0) is 40.2 Å². The molecular formula is C20H27NO4. The van der Waals surface area contributed by atoms with Crippen molar-refractivity contribution in [1.82, 2.24) is 5.32 Å². The monoisotopic (exact) mass is 345 g/mol. The third-order valence-corrected chi connectivity index (χ3v) is 3.28. The number of carbonyl (C=O) groups excluding carboxylic acids is 2. The highest BCUT2D eigenvalue weighted by Crippen LogP contribution is 2.11. The van der Waals surface area contributed by atoms with Crippen molar-refractivity contribution < 1.29 is 19.1 Å². The van der Waals surface area contributed by atoms with Crippen molar-refractivity contribution in [2.24, 2.45) is 0 Å². The van der Waals surface area contributed by atoms with Crippen LogP contribution in [0.5, 0.6) is 0 Å². The standard InChI is InChI=1S/C20H27NO4/c1-6-7-13-17(22)18(21-19(23)25-20(3,4)5)15(2)24-14-16-11-9-8-10-12-16/h8-12,15,18H,13-14H2,1-5H3,(H,21,23). The summed E-state index contributed by atoms with van der Waals surface area (Å²) in [6.07, 6.45) is -1.11. The predicted octanol–water partition coefficient (Wildman–Crippen LogP) is 3.47. The molecule has 0 fully saturated rings. The molecule has 25 heavy (non-hydrogen) atoms. The van der Waals surface area contributed by atoms with Gasteiger partial charge in [0.15, 0.2) is 5.78 Å². The van der Waals surface area contributed by atoms with E-state index in [9.17, 15) is 9.59 Å². The number of nitrogens with one attached hydrogen (secondary N) is 1. The molecular weight excluding hydrogens is 318 g/mol. The van der Waals surface area contributed by atoms with Crippen molar-refractivity contribution in [3.8, 4) is 11.8 Å². The van der Waals surface area contributed by atoms with Gasteiger partial charge in [0, 0.05) is 0 Å². The number of carbonyl (C=O) groups is 2. The number of hydrogen-bond donors (Lipinski definition) is 1. The highest BCUT2D eigenvalue weighted by atomic mass is 16.6. The summed E-state index contributed by atoms with van der Waals surface area (Å²) in [7, 11) is 0. The largest absolute Gasteiger partial charge is 0.444 e. The third kappa shape index (κ3) is 8.37. The van der Waals surface area contributed by atoms with Crippen molar-refractivity contribution in [2.45, 2.75) is 65.4 Å². The minimum atomic E-state index is -0.820. The SMILES string of the molecule is CC#CCC(=O)C(NC(=O)OC(C)(C)C)C(C)OCc1ccccc1. The van der Waals surface area contributed by atoms with Gasteiger partial charge in [-0.1, -0.05) is 36.3 Å². The number of benzene rings is 1. The van der Waals surface area contributed by atoms with E-state index in [1.165, 1.54) is 0 Å². The minimum Gasteiger partial charge on any atom is -0.444 e. The Bertz CT molecular complexity index is 623. The maximum absolute atomic E-state index is 12.4. The fraction of sp³-hybridized carbons (Fsp3) is 0.500. The zero-order valence-electron chi connectivity index (χ0n) is 15.6. The number of hydrogen-bond acceptors (Lipinski definition) is 4. The molecule has 1 N–H and O–H groups in total. The topological polar surface area (TPSA) is 64.6 Å². The Balaban J connectivity index is 2.75. The number of alkyl carbamates (subject to hydrolysis) is 1. The lowest BCUT2D eigenvalue weighted by atomic mass is 10.0. The van der Waals surface area contributed by atoms with Gasteiger partial charge in [0.05, 0.1) is 19.1 Å². The molecule has 0 bridgehead atoms. The fourth-order valence-electron chi connectivity index (χ4n) is 2.08. The summed E-state index contributed by atoms with van der Waals surface area (Å²) in [6, 6.07) is 8.82. The molecule has 1 aromatic carbocycles. The number of Topliss-reactive ketones (excluding diaryl/α,β-unsaturated/α-hetero) is 1. The minimum absolute atomic E-state index is 0.0516. The van der Waals surface area contributed by atoms with Gasteiger partial charge in [-0.25, -0.2) is 4.79 Å². The van der Waals surface area contributed by atoms with Crippen molar-refractivity contribution in [1.29, 1.82) is 0 Å². The molecule has 0 aliphatic rings. The molecule has 0 aliphatic carbocycles. The van der Waals surface area contributed by atoms with E-state index in [1.807, 2.05) is 30.3 Å². The van der Waals surface area contributed by atoms with Crippen LogP contribution in [0.25, 0.3) is 0 Å². The Morgan fingerprint density at radius 1 is 1.20 bits per heavy atom. The van der Waals surface area contributed by atoms with Crippen LogP contribution >= 0.6 is 0 Å². The summed E-state index contributed by atoms with van der Waals surface area (Å²) in [5.74, 6) is 5.21. The Kier molecular flexibility index (Phi) is 8.17. The average molecular weight is 345 g/mol. The number of ketones is 1. The Morgan fingerprint density at radius 2 is 1.84 bits per heavy atom. The molecule has 0 aromatic heterocycles. The lowest BCUT2D eigenvalue weighted by molar-refractivity contribution is -0.124. The van der Waals surface area contributed by atoms with Crippen LogP contribution in [-0.2, 0) is 20.9 Å². The van der Waals surface area contributed by atoms with E-state index in [0.29, 0.717) is 6.61 Å². The molecule has 0 saturated heterocycles. The molecule has 5 heteroatoms. The van der Waals surface area contributed by atoms with E-state index >= 15 is 0 Å². The van der Waals surface area contributed by atoms with Crippen LogP contribution < -0.4 is 5.32 Å². The molecule has 0 radical (unpaired) electrons. The van der Waals surface area contributed by atoms with Crippen molar-refractivity contribution in [3.63, 3.8) is 0 Å². The van der Waals surface area contributed by atoms with E-state index in [1.54, 1.807) is 34.6 Å². The van der Waals surface area contributed by atoms with Gasteiger partial charge in [-0.15, -0.1) is 5.92 Å². The number of ether oxygens (including phenoxy) is 2. The van der Waals surface area contributed by atoms with Gasteiger partial charge >= 0.3 is 6.09 Å². The summed E-state index contributed by atoms with van der Waals surface area (Å²) in [4.78, 5) is 24.5. The number of amides is 1.